The molecule has 0 spiro atoms. The quantitative estimate of drug-likeness (QED) is 0.321. The van der Waals surface area contributed by atoms with E-state index in [4.69, 9.17) is 0 Å². The van der Waals surface area contributed by atoms with Crippen LogP contribution in [0.25, 0.3) is 0 Å². The van der Waals surface area contributed by atoms with Crippen molar-refractivity contribution in [3.8, 4) is 0 Å². The fourth-order valence-electron chi connectivity index (χ4n) is 0.431. The van der Waals surface area contributed by atoms with Gasteiger partial charge in [0, 0.05) is 0 Å². The van der Waals surface area contributed by atoms with Gasteiger partial charge in [-0.25, -0.2) is 0 Å². The van der Waals surface area contributed by atoms with E-state index in [9.17, 15) is 0 Å². The summed E-state index contributed by atoms with van der Waals surface area (Å²) in [6.07, 6.45) is 0. The van der Waals surface area contributed by atoms with Gasteiger partial charge in [0.15, 0.2) is 0 Å². The van der Waals surface area contributed by atoms with E-state index >= 15 is 0 Å². The second-order valence-corrected chi connectivity index (χ2v) is 1.39. The Balaban J connectivity index is -0.0000000612. The molecule has 1 aromatic rings. The first-order valence-electron chi connectivity index (χ1n) is 2.18. The molecule has 0 amide bonds. The zero-order chi connectivity index (χ0) is 5.11. The van der Waals surface area contributed by atoms with Crippen molar-refractivity contribution in [2.45, 2.75) is 0 Å². The third-order valence-corrected chi connectivity index (χ3v) is 0.773. The Morgan fingerprint density at radius 2 is 1.73 bits per heavy atom. The molecule has 4 heteroatoms. The Kier molecular flexibility index (Phi) is 29.0. The Morgan fingerprint density at radius 1 is 1.18 bits per heavy atom. The molecule has 52 valence electrons. The summed E-state index contributed by atoms with van der Waals surface area (Å²) >= 11 is 0. The van der Waals surface area contributed by atoms with Crippen LogP contribution in [0.15, 0.2) is 24.3 Å². The Labute approximate surface area is 117 Å². The van der Waals surface area contributed by atoms with Crippen molar-refractivity contribution in [2.75, 3.05) is 0 Å². The van der Waals surface area contributed by atoms with Crippen molar-refractivity contribution in [3.05, 3.63) is 42.8 Å². The van der Waals surface area contributed by atoms with E-state index in [0.717, 1.165) is 5.56 Å². The topological polar surface area (TPSA) is 0 Å². The molecule has 1 rings (SSSR count). The minimum Gasteiger partial charge on any atom is -1.00 e. The molecule has 0 bridgehead atoms. The van der Waals surface area contributed by atoms with Crippen LogP contribution in [-0.4, -0.2) is 46.1 Å². The van der Waals surface area contributed by atoms with Gasteiger partial charge >= 0.3 is 46.1 Å². The van der Waals surface area contributed by atoms with Crippen LogP contribution in [0.2, 0.25) is 0 Å². The molecule has 11 heavy (non-hydrogen) atoms. The smallest absolute Gasteiger partial charge is 1.00 e. The van der Waals surface area contributed by atoms with Gasteiger partial charge in [-0.05, 0) is 0 Å². The fourth-order valence-corrected chi connectivity index (χ4v) is 0.431. The minimum absolute atomic E-state index is 0. The molecule has 0 aliphatic heterocycles. The van der Waals surface area contributed by atoms with Gasteiger partial charge in [0.05, 0.1) is 0 Å². The van der Waals surface area contributed by atoms with E-state index < -0.39 is 0 Å². The second-order valence-electron chi connectivity index (χ2n) is 1.39. The molecule has 0 radical (unpaired) electrons. The molecule has 0 aromatic heterocycles. The standard InChI is InChI=1S/C7H6.BrH.ClH.2Mg/c1-7-5-3-2-4-6-7;;;;/h2-5H,1H2;2*1H;;/q-2;;;2*+2/p-2. The summed E-state index contributed by atoms with van der Waals surface area (Å²) in [6.45, 7) is 3.66. The summed E-state index contributed by atoms with van der Waals surface area (Å²) in [6, 6.07) is 10.6. The number of hydrogen-bond donors (Lipinski definition) is 0. The van der Waals surface area contributed by atoms with Crippen LogP contribution in [0.4, 0.5) is 0 Å². The molecule has 0 heterocycles. The Hall–Kier alpha value is 1.39. The predicted molar refractivity (Wildman–Crippen MR) is 41.2 cm³/mol. The first-order valence-corrected chi connectivity index (χ1v) is 2.18. The molecule has 0 saturated carbocycles. The van der Waals surface area contributed by atoms with Crippen LogP contribution in [0.1, 0.15) is 5.56 Å². The molecule has 0 saturated heterocycles. The maximum Gasteiger partial charge on any atom is 2.00 e. The van der Waals surface area contributed by atoms with Crippen LogP contribution in [0, 0.1) is 13.0 Å². The third kappa shape index (κ3) is 11.4. The van der Waals surface area contributed by atoms with Crippen LogP contribution in [0.3, 0.4) is 0 Å². The largest absolute Gasteiger partial charge is 2.00 e. The second kappa shape index (κ2) is 13.9. The monoisotopic (exact) mass is 252 g/mol. The molecule has 0 aliphatic rings. The molecular formula is C7H6BrClMg2. The average Bonchev–Trinajstić information content (AvgIpc) is 1.69. The predicted octanol–water partition coefficient (Wildman–Crippen LogP) is -5.08. The molecule has 1 aromatic carbocycles. The fraction of sp³-hybridized carbons (Fsp3) is 0. The number of rotatable bonds is 0. The summed E-state index contributed by atoms with van der Waals surface area (Å²) in [5, 5.41) is 0. The number of hydrogen-bond acceptors (Lipinski definition) is 0. The average molecular weight is 254 g/mol. The van der Waals surface area contributed by atoms with E-state index in [1.165, 1.54) is 0 Å². The summed E-state index contributed by atoms with van der Waals surface area (Å²) in [7, 11) is 0. The molecule has 0 N–H and O–H groups in total. The van der Waals surface area contributed by atoms with E-state index in [1.807, 2.05) is 24.3 Å². The van der Waals surface area contributed by atoms with E-state index in [0.29, 0.717) is 0 Å². The van der Waals surface area contributed by atoms with Crippen molar-refractivity contribution >= 4 is 46.1 Å². The molecule has 0 unspecified atom stereocenters. The normalized spacial score (nSPS) is 5.45. The van der Waals surface area contributed by atoms with Crippen LogP contribution < -0.4 is 29.4 Å². The van der Waals surface area contributed by atoms with Crippen molar-refractivity contribution in [1.82, 2.24) is 0 Å². The van der Waals surface area contributed by atoms with E-state index in [1.54, 1.807) is 0 Å². The first kappa shape index (κ1) is 22.8. The summed E-state index contributed by atoms with van der Waals surface area (Å²) in [5.74, 6) is 0. The third-order valence-electron chi connectivity index (χ3n) is 0.773. The maximum atomic E-state index is 3.66. The van der Waals surface area contributed by atoms with Gasteiger partial charge in [-0.2, -0.15) is 12.1 Å². The first-order chi connectivity index (χ1) is 3.39. The van der Waals surface area contributed by atoms with Gasteiger partial charge in [-0.3, -0.25) is 6.07 Å². The molecule has 0 atom stereocenters. The summed E-state index contributed by atoms with van der Waals surface area (Å²) in [5.41, 5.74) is 0.947. The number of halogens is 2. The van der Waals surface area contributed by atoms with Gasteiger partial charge in [0.2, 0.25) is 0 Å². The van der Waals surface area contributed by atoms with Crippen molar-refractivity contribution < 1.29 is 29.4 Å². The minimum atomic E-state index is 0. The van der Waals surface area contributed by atoms with Gasteiger partial charge in [-0.15, -0.1) is 6.07 Å². The van der Waals surface area contributed by atoms with E-state index in [2.05, 4.69) is 13.0 Å². The van der Waals surface area contributed by atoms with Crippen LogP contribution >= 0.6 is 0 Å². The summed E-state index contributed by atoms with van der Waals surface area (Å²) in [4.78, 5) is 0. The molecule has 0 nitrogen and oxygen atoms in total. The van der Waals surface area contributed by atoms with Gasteiger partial charge in [-0.1, -0.05) is 0 Å². The van der Waals surface area contributed by atoms with Gasteiger partial charge < -0.3 is 47.9 Å². The van der Waals surface area contributed by atoms with Crippen molar-refractivity contribution in [3.63, 3.8) is 0 Å². The zero-order valence-electron chi connectivity index (χ0n) is 6.19. The summed E-state index contributed by atoms with van der Waals surface area (Å²) < 4.78 is 0. The zero-order valence-corrected chi connectivity index (χ0v) is 11.4. The van der Waals surface area contributed by atoms with Crippen molar-refractivity contribution in [2.24, 2.45) is 0 Å². The molecule has 0 fully saturated rings. The van der Waals surface area contributed by atoms with Crippen LogP contribution in [-0.2, 0) is 0 Å². The Morgan fingerprint density at radius 3 is 1.91 bits per heavy atom. The van der Waals surface area contributed by atoms with Gasteiger partial charge in [0.25, 0.3) is 0 Å². The van der Waals surface area contributed by atoms with Crippen molar-refractivity contribution in [1.29, 1.82) is 0 Å². The molecular weight excluding hydrogens is 248 g/mol. The SMILES string of the molecule is [Br-].[CH2-]c1[c-]cccc1.[Cl-].[Mg+2].[Mg+2]. The Bertz CT molecular complexity index is 146. The van der Waals surface area contributed by atoms with E-state index in [-0.39, 0.29) is 75.5 Å². The molecule has 0 aliphatic carbocycles. The maximum absolute atomic E-state index is 3.66. The number of benzene rings is 1. The van der Waals surface area contributed by atoms with Gasteiger partial charge in [0.1, 0.15) is 0 Å². The van der Waals surface area contributed by atoms with Crippen LogP contribution in [0.5, 0.6) is 0 Å².